The lowest BCUT2D eigenvalue weighted by Gasteiger charge is -2.34. The molecule has 0 saturated carbocycles. The van der Waals surface area contributed by atoms with Crippen LogP contribution in [0.2, 0.25) is 0 Å². The zero-order valence-electron chi connectivity index (χ0n) is 16.8. The van der Waals surface area contributed by atoms with Crippen molar-refractivity contribution in [2.24, 2.45) is 5.92 Å². The van der Waals surface area contributed by atoms with Gasteiger partial charge in [0.05, 0.1) is 25.9 Å². The number of rotatable bonds is 7. The fourth-order valence-corrected chi connectivity index (χ4v) is 2.74. The lowest BCUT2D eigenvalue weighted by atomic mass is 10.1. The number of nitrogens with zero attached hydrogens (tertiary/aromatic N) is 1. The molecule has 3 rings (SSSR count). The highest BCUT2D eigenvalue weighted by Crippen LogP contribution is 2.22. The molecule has 1 aliphatic rings. The monoisotopic (exact) mass is 401 g/mol. The van der Waals surface area contributed by atoms with Crippen molar-refractivity contribution in [3.05, 3.63) is 47.3 Å². The molecule has 1 saturated heterocycles. The third kappa shape index (κ3) is 6.58. The van der Waals surface area contributed by atoms with E-state index >= 15 is 0 Å². The van der Waals surface area contributed by atoms with E-state index in [4.69, 9.17) is 23.8 Å². The number of benzene rings is 1. The summed E-state index contributed by atoms with van der Waals surface area (Å²) in [5.41, 5.74) is 1.23. The molecule has 2 aromatic rings. The maximum absolute atomic E-state index is 9.94. The maximum atomic E-state index is 9.94. The second kappa shape index (κ2) is 9.90. The number of aromatic nitrogens is 1. The molecule has 1 fully saturated rings. The molecule has 0 spiro atoms. The van der Waals surface area contributed by atoms with E-state index < -0.39 is 11.9 Å². The molecule has 1 aromatic carbocycles. The Morgan fingerprint density at radius 1 is 1.21 bits per heavy atom. The van der Waals surface area contributed by atoms with Gasteiger partial charge in [-0.1, -0.05) is 11.1 Å². The Hall–Kier alpha value is -2.37. The first-order chi connectivity index (χ1) is 13.9. The Bertz CT molecular complexity index is 823. The molecule has 0 aliphatic carbocycles. The lowest BCUT2D eigenvalue weighted by molar-refractivity contribution is -0.264. The van der Waals surface area contributed by atoms with E-state index in [1.807, 2.05) is 38.1 Å². The number of hydrogen-bond donors (Lipinski definition) is 2. The fourth-order valence-electron chi connectivity index (χ4n) is 2.74. The van der Waals surface area contributed by atoms with E-state index in [0.29, 0.717) is 44.1 Å². The van der Waals surface area contributed by atoms with Gasteiger partial charge in [-0.05, 0) is 56.9 Å². The molecule has 0 amide bonds. The first-order valence-electron chi connectivity index (χ1n) is 9.73. The van der Waals surface area contributed by atoms with Gasteiger partial charge in [-0.15, -0.1) is 0 Å². The van der Waals surface area contributed by atoms with Gasteiger partial charge in [0.2, 0.25) is 5.76 Å². The normalized spacial score (nSPS) is 17.4. The molecule has 0 radical (unpaired) electrons. The van der Waals surface area contributed by atoms with Crippen molar-refractivity contribution in [2.75, 3.05) is 26.4 Å². The smallest absolute Gasteiger partial charge is 0.210 e. The van der Waals surface area contributed by atoms with Gasteiger partial charge in [0.1, 0.15) is 11.4 Å². The first kappa shape index (κ1) is 21.3. The van der Waals surface area contributed by atoms with Crippen LogP contribution < -0.4 is 4.74 Å². The van der Waals surface area contributed by atoms with Crippen molar-refractivity contribution in [3.63, 3.8) is 0 Å². The molecular formula is C22H27NO6. The predicted molar refractivity (Wildman–Crippen MR) is 105 cm³/mol. The van der Waals surface area contributed by atoms with Gasteiger partial charge in [-0.2, -0.15) is 0 Å². The molecule has 2 N–H and O–H groups in total. The zero-order valence-corrected chi connectivity index (χ0v) is 16.8. The summed E-state index contributed by atoms with van der Waals surface area (Å²) in [7, 11) is 0. The van der Waals surface area contributed by atoms with Crippen LogP contribution in [0.5, 0.6) is 5.75 Å². The minimum Gasteiger partial charge on any atom is -0.493 e. The molecule has 1 unspecified atom stereocenters. The molecule has 156 valence electrons. The second-order valence-electron chi connectivity index (χ2n) is 7.47. The van der Waals surface area contributed by atoms with Crippen LogP contribution in [0, 0.1) is 17.8 Å². The highest BCUT2D eigenvalue weighted by Gasteiger charge is 2.28. The molecule has 1 aromatic heterocycles. The summed E-state index contributed by atoms with van der Waals surface area (Å²) in [4.78, 5) is 0. The molecule has 0 bridgehead atoms. The summed E-state index contributed by atoms with van der Waals surface area (Å²) in [6, 6.07) is 9.08. The van der Waals surface area contributed by atoms with Crippen LogP contribution >= 0.6 is 0 Å². The van der Waals surface area contributed by atoms with E-state index in [1.165, 1.54) is 0 Å². The average molecular weight is 401 g/mol. The predicted octanol–water partition coefficient (Wildman–Crippen LogP) is 2.66. The summed E-state index contributed by atoms with van der Waals surface area (Å²) >= 11 is 0. The fraction of sp³-hybridized carbons (Fsp3) is 0.500. The Labute approximate surface area is 170 Å². The van der Waals surface area contributed by atoms with Crippen LogP contribution in [-0.2, 0) is 9.47 Å². The third-order valence-corrected chi connectivity index (χ3v) is 4.51. The highest BCUT2D eigenvalue weighted by molar-refractivity contribution is 5.41. The molecular weight excluding hydrogens is 374 g/mol. The van der Waals surface area contributed by atoms with Gasteiger partial charge in [-0.25, -0.2) is 0 Å². The molecule has 29 heavy (non-hydrogen) atoms. The molecule has 7 heteroatoms. The number of ether oxygens (including phenoxy) is 3. The quantitative estimate of drug-likeness (QED) is 0.689. The lowest BCUT2D eigenvalue weighted by Crippen LogP contribution is -2.41. The number of hydrogen-bond acceptors (Lipinski definition) is 7. The van der Waals surface area contributed by atoms with Crippen LogP contribution in [0.3, 0.4) is 0 Å². The van der Waals surface area contributed by atoms with Crippen LogP contribution in [0.15, 0.2) is 34.9 Å². The summed E-state index contributed by atoms with van der Waals surface area (Å²) < 4.78 is 22.2. The molecule has 1 aliphatic heterocycles. The van der Waals surface area contributed by atoms with Crippen molar-refractivity contribution in [2.45, 2.75) is 38.6 Å². The molecule has 1 atom stereocenters. The van der Waals surface area contributed by atoms with Crippen LogP contribution in [0.25, 0.3) is 0 Å². The van der Waals surface area contributed by atoms with E-state index in [-0.39, 0.29) is 12.5 Å². The van der Waals surface area contributed by atoms with Crippen LogP contribution in [-0.4, -0.2) is 47.6 Å². The summed E-state index contributed by atoms with van der Waals surface area (Å²) in [5, 5.41) is 22.6. The topological polar surface area (TPSA) is 94.2 Å². The Morgan fingerprint density at radius 3 is 2.62 bits per heavy atom. The van der Waals surface area contributed by atoms with E-state index in [2.05, 4.69) is 17.0 Å². The number of aliphatic hydroxyl groups excluding tert-OH is 2. The number of aliphatic hydroxyl groups is 2. The summed E-state index contributed by atoms with van der Waals surface area (Å²) in [5.74, 6) is 6.71. The first-order valence-corrected chi connectivity index (χ1v) is 9.73. The molecule has 7 nitrogen and oxygen atoms in total. The largest absolute Gasteiger partial charge is 0.493 e. The highest BCUT2D eigenvalue weighted by atomic mass is 16.7. The van der Waals surface area contributed by atoms with Crippen LogP contribution in [0.1, 0.15) is 49.8 Å². The van der Waals surface area contributed by atoms with E-state index in [1.54, 1.807) is 6.07 Å². The zero-order chi connectivity index (χ0) is 20.7. The van der Waals surface area contributed by atoms with Crippen molar-refractivity contribution < 1.29 is 28.9 Å². The SMILES string of the molecule is CC1(C)OCC(COc2ccc(C#Cc3cc(C(O)CCCO)no3)cc2)CO1. The van der Waals surface area contributed by atoms with Gasteiger partial charge >= 0.3 is 0 Å². The van der Waals surface area contributed by atoms with E-state index in [0.717, 1.165) is 11.3 Å². The summed E-state index contributed by atoms with van der Waals surface area (Å²) in [6.07, 6.45) is 0.167. The Morgan fingerprint density at radius 2 is 1.93 bits per heavy atom. The van der Waals surface area contributed by atoms with Gasteiger partial charge < -0.3 is 28.9 Å². The van der Waals surface area contributed by atoms with Gasteiger partial charge in [0, 0.05) is 24.2 Å². The minimum atomic E-state index is -0.760. The van der Waals surface area contributed by atoms with Crippen molar-refractivity contribution in [1.29, 1.82) is 0 Å². The second-order valence-corrected chi connectivity index (χ2v) is 7.47. The van der Waals surface area contributed by atoms with E-state index in [9.17, 15) is 5.11 Å². The Kier molecular flexibility index (Phi) is 7.29. The Balaban J connectivity index is 1.49. The van der Waals surface area contributed by atoms with Crippen molar-refractivity contribution in [3.8, 4) is 17.6 Å². The van der Waals surface area contributed by atoms with Crippen LogP contribution in [0.4, 0.5) is 0 Å². The summed E-state index contributed by atoms with van der Waals surface area (Å²) in [6.45, 7) is 5.60. The van der Waals surface area contributed by atoms with Crippen molar-refractivity contribution >= 4 is 0 Å². The standard InChI is InChI=1S/C22H27NO6/c1-22(2)27-14-17(15-28-22)13-26-18-8-5-16(6-9-18)7-10-19-12-20(23-29-19)21(25)4-3-11-24/h5-6,8-9,12,17,21,24-25H,3-4,11,13-15H2,1-2H3. The minimum absolute atomic E-state index is 0.0294. The van der Waals surface area contributed by atoms with Gasteiger partial charge in [0.25, 0.3) is 0 Å². The van der Waals surface area contributed by atoms with Gasteiger partial charge in [0.15, 0.2) is 5.79 Å². The third-order valence-electron chi connectivity index (χ3n) is 4.51. The average Bonchev–Trinajstić information content (AvgIpc) is 3.20. The molecule has 2 heterocycles. The van der Waals surface area contributed by atoms with Gasteiger partial charge in [-0.3, -0.25) is 0 Å². The maximum Gasteiger partial charge on any atom is 0.210 e. The van der Waals surface area contributed by atoms with Crippen molar-refractivity contribution in [1.82, 2.24) is 5.16 Å².